The highest BCUT2D eigenvalue weighted by atomic mass is 16.5. The molecule has 0 atom stereocenters. The van der Waals surface area contributed by atoms with E-state index in [1.165, 1.54) is 89.4 Å². The van der Waals surface area contributed by atoms with E-state index in [1.807, 2.05) is 36.4 Å². The number of methoxy groups -OCH3 is 1. The van der Waals surface area contributed by atoms with E-state index in [1.54, 1.807) is 12.0 Å². The number of anilines is 1. The van der Waals surface area contributed by atoms with Crippen LogP contribution in [0, 0.1) is 5.41 Å². The van der Waals surface area contributed by atoms with Crippen molar-refractivity contribution in [3.63, 3.8) is 0 Å². The van der Waals surface area contributed by atoms with Crippen molar-refractivity contribution in [3.05, 3.63) is 59.9 Å². The monoisotopic (exact) mass is 504 g/mol. The number of furan rings is 1. The van der Waals surface area contributed by atoms with Crippen molar-refractivity contribution in [2.75, 3.05) is 31.6 Å². The van der Waals surface area contributed by atoms with Crippen molar-refractivity contribution in [3.8, 4) is 5.75 Å². The van der Waals surface area contributed by atoms with Crippen molar-refractivity contribution >= 4 is 22.6 Å². The minimum atomic E-state index is -0.0312. The number of nitrogens with two attached hydrogens (primary N) is 1. The van der Waals surface area contributed by atoms with Crippen LogP contribution in [0.1, 0.15) is 75.5 Å². The third kappa shape index (κ3) is 8.00. The lowest BCUT2D eigenvalue weighted by Crippen LogP contribution is -2.36. The number of hydrogen-bond acceptors (Lipinski definition) is 4. The van der Waals surface area contributed by atoms with Crippen LogP contribution in [0.15, 0.2) is 52.9 Å². The van der Waals surface area contributed by atoms with Gasteiger partial charge in [-0.2, -0.15) is 0 Å². The Hall–Kier alpha value is -2.99. The smallest absolute Gasteiger partial charge is 0.193 e. The Balaban J connectivity index is 1.23. The Labute approximate surface area is 222 Å². The highest BCUT2D eigenvalue weighted by molar-refractivity contribution is 5.94. The van der Waals surface area contributed by atoms with E-state index < -0.39 is 0 Å². The third-order valence-electron chi connectivity index (χ3n) is 7.50. The number of nitrogens with one attached hydrogen (secondary N) is 1. The van der Waals surface area contributed by atoms with Crippen LogP contribution in [-0.4, -0.2) is 37.6 Å². The number of fused-ring (bicyclic) bond motifs is 1. The molecular weight excluding hydrogens is 460 g/mol. The summed E-state index contributed by atoms with van der Waals surface area (Å²) >= 11 is 0. The standard InChI is InChI=1S/C31H44N4O2/c1-36-30-18-17-25(14-8-6-4-2-3-5-7-11-19-34-20-12-13-21-34)22-28(30)35(31(32)33)24-27-23-26-15-9-10-16-29(26)37-27/h9-10,15-18,22-23H,2-8,11-14,19-21,24H2,1H3,(H3,32,33). The molecule has 6 nitrogen and oxygen atoms in total. The van der Waals surface area contributed by atoms with Gasteiger partial charge in [-0.15, -0.1) is 0 Å². The molecule has 0 saturated carbocycles. The second-order valence-corrected chi connectivity index (χ2v) is 10.4. The average molecular weight is 505 g/mol. The lowest BCUT2D eigenvalue weighted by molar-refractivity contribution is 0.327. The number of para-hydroxylation sites is 1. The molecule has 2 heterocycles. The Morgan fingerprint density at radius 1 is 0.946 bits per heavy atom. The average Bonchev–Trinajstić information content (AvgIpc) is 3.57. The molecule has 0 amide bonds. The molecule has 6 heteroatoms. The first kappa shape index (κ1) is 27.1. The molecule has 3 N–H and O–H groups in total. The van der Waals surface area contributed by atoms with Crippen LogP contribution < -0.4 is 15.4 Å². The molecule has 0 aliphatic carbocycles. The SMILES string of the molecule is COc1ccc(CCCCCCCCCCN2CCCC2)cc1N(Cc1cc2ccccc2o1)C(=N)N. The summed E-state index contributed by atoms with van der Waals surface area (Å²) in [6.07, 6.45) is 14.4. The number of aryl methyl sites for hydroxylation is 1. The van der Waals surface area contributed by atoms with Gasteiger partial charge in [-0.1, -0.05) is 62.8 Å². The number of benzene rings is 2. The zero-order valence-corrected chi connectivity index (χ0v) is 22.5. The van der Waals surface area contributed by atoms with Gasteiger partial charge in [0.05, 0.1) is 19.3 Å². The summed E-state index contributed by atoms with van der Waals surface area (Å²) in [5.41, 5.74) is 8.91. The Bertz CT molecular complexity index is 1090. The minimum absolute atomic E-state index is 0.0312. The van der Waals surface area contributed by atoms with Crippen LogP contribution in [0.2, 0.25) is 0 Å². The summed E-state index contributed by atoms with van der Waals surface area (Å²) in [4.78, 5) is 4.38. The van der Waals surface area contributed by atoms with Crippen LogP contribution >= 0.6 is 0 Å². The van der Waals surface area contributed by atoms with Gasteiger partial charge in [0.15, 0.2) is 5.96 Å². The van der Waals surface area contributed by atoms with Gasteiger partial charge in [-0.3, -0.25) is 5.41 Å². The van der Waals surface area contributed by atoms with E-state index in [2.05, 4.69) is 17.0 Å². The van der Waals surface area contributed by atoms with Crippen LogP contribution in [0.25, 0.3) is 11.0 Å². The van der Waals surface area contributed by atoms with Gasteiger partial charge in [0.25, 0.3) is 0 Å². The molecule has 0 spiro atoms. The van der Waals surface area contributed by atoms with E-state index in [0.717, 1.165) is 28.8 Å². The fourth-order valence-electron chi connectivity index (χ4n) is 5.40. The molecule has 1 aliphatic rings. The molecular formula is C31H44N4O2. The van der Waals surface area contributed by atoms with Crippen molar-refractivity contribution in [1.29, 1.82) is 5.41 Å². The van der Waals surface area contributed by atoms with Gasteiger partial charge in [0.1, 0.15) is 17.1 Å². The van der Waals surface area contributed by atoms with Gasteiger partial charge in [0, 0.05) is 5.39 Å². The van der Waals surface area contributed by atoms with E-state index >= 15 is 0 Å². The molecule has 0 bridgehead atoms. The number of ether oxygens (including phenoxy) is 1. The molecule has 0 unspecified atom stereocenters. The topological polar surface area (TPSA) is 78.7 Å². The first-order chi connectivity index (χ1) is 18.1. The van der Waals surface area contributed by atoms with E-state index in [4.69, 9.17) is 20.3 Å². The first-order valence-electron chi connectivity index (χ1n) is 14.1. The van der Waals surface area contributed by atoms with Gasteiger partial charge < -0.3 is 24.7 Å². The molecule has 2 aromatic carbocycles. The lowest BCUT2D eigenvalue weighted by Gasteiger charge is -2.24. The molecule has 1 aromatic heterocycles. The highest BCUT2D eigenvalue weighted by Gasteiger charge is 2.18. The number of nitrogens with zero attached hydrogens (tertiary/aromatic N) is 2. The van der Waals surface area contributed by atoms with Crippen LogP contribution in [0.4, 0.5) is 5.69 Å². The van der Waals surface area contributed by atoms with Crippen molar-refractivity contribution < 1.29 is 9.15 Å². The van der Waals surface area contributed by atoms with Crippen LogP contribution in [-0.2, 0) is 13.0 Å². The molecule has 37 heavy (non-hydrogen) atoms. The van der Waals surface area contributed by atoms with Crippen molar-refractivity contribution in [2.24, 2.45) is 5.73 Å². The van der Waals surface area contributed by atoms with Gasteiger partial charge in [-0.25, -0.2) is 0 Å². The second kappa shape index (κ2) is 14.1. The largest absolute Gasteiger partial charge is 0.495 e. The molecule has 0 radical (unpaired) electrons. The Kier molecular flexibility index (Phi) is 10.3. The van der Waals surface area contributed by atoms with Gasteiger partial charge >= 0.3 is 0 Å². The summed E-state index contributed by atoms with van der Waals surface area (Å²) in [6.45, 7) is 4.33. The summed E-state index contributed by atoms with van der Waals surface area (Å²) < 4.78 is 11.6. The zero-order chi connectivity index (χ0) is 25.9. The maximum absolute atomic E-state index is 8.24. The number of unbranched alkanes of at least 4 members (excludes halogenated alkanes) is 7. The molecule has 1 fully saturated rings. The Morgan fingerprint density at radius 2 is 1.65 bits per heavy atom. The van der Waals surface area contributed by atoms with Crippen molar-refractivity contribution in [1.82, 2.24) is 4.90 Å². The van der Waals surface area contributed by atoms with Crippen LogP contribution in [0.5, 0.6) is 5.75 Å². The van der Waals surface area contributed by atoms with E-state index in [-0.39, 0.29) is 5.96 Å². The summed E-state index contributed by atoms with van der Waals surface area (Å²) in [7, 11) is 1.66. The van der Waals surface area contributed by atoms with E-state index in [9.17, 15) is 0 Å². The van der Waals surface area contributed by atoms with Gasteiger partial charge in [0.2, 0.25) is 0 Å². The minimum Gasteiger partial charge on any atom is -0.495 e. The van der Waals surface area contributed by atoms with E-state index in [0.29, 0.717) is 12.3 Å². The maximum atomic E-state index is 8.24. The Morgan fingerprint density at radius 3 is 2.35 bits per heavy atom. The number of rotatable bonds is 15. The molecule has 1 aliphatic heterocycles. The molecule has 200 valence electrons. The quantitative estimate of drug-likeness (QED) is 0.131. The zero-order valence-electron chi connectivity index (χ0n) is 22.5. The highest BCUT2D eigenvalue weighted by Crippen LogP contribution is 2.32. The van der Waals surface area contributed by atoms with Crippen molar-refractivity contribution in [2.45, 2.75) is 77.2 Å². The predicted molar refractivity (Wildman–Crippen MR) is 154 cm³/mol. The number of hydrogen-bond donors (Lipinski definition) is 2. The maximum Gasteiger partial charge on any atom is 0.193 e. The molecule has 4 rings (SSSR count). The third-order valence-corrected chi connectivity index (χ3v) is 7.50. The lowest BCUT2D eigenvalue weighted by atomic mass is 10.0. The summed E-state index contributed by atoms with van der Waals surface area (Å²) in [5, 5.41) is 9.28. The molecule has 1 saturated heterocycles. The second-order valence-electron chi connectivity index (χ2n) is 10.4. The van der Waals surface area contributed by atoms with Gasteiger partial charge in [-0.05, 0) is 81.6 Å². The molecule has 3 aromatic rings. The summed E-state index contributed by atoms with van der Waals surface area (Å²) in [5.74, 6) is 1.44. The first-order valence-corrected chi connectivity index (χ1v) is 14.1. The summed E-state index contributed by atoms with van der Waals surface area (Å²) in [6, 6.07) is 16.2. The fourth-order valence-corrected chi connectivity index (χ4v) is 5.40. The number of likely N-dealkylation sites (tertiary alicyclic amines) is 1. The van der Waals surface area contributed by atoms with Crippen LogP contribution in [0.3, 0.4) is 0 Å². The normalized spacial score (nSPS) is 13.9. The predicted octanol–water partition coefficient (Wildman–Crippen LogP) is 7.10. The fraction of sp³-hybridized carbons (Fsp3) is 0.516. The number of guanidine groups is 1.